The van der Waals surface area contributed by atoms with Gasteiger partial charge in [0.05, 0.1) is 20.3 Å². The monoisotopic (exact) mass is 258 g/mol. The molecular formula is C11H15ClN2O3. The highest BCUT2D eigenvalue weighted by Crippen LogP contribution is 2.35. The van der Waals surface area contributed by atoms with Crippen LogP contribution in [0.5, 0.6) is 11.5 Å². The number of amides is 1. The number of benzene rings is 1. The second-order valence-electron chi connectivity index (χ2n) is 3.66. The summed E-state index contributed by atoms with van der Waals surface area (Å²) in [6.07, 6.45) is 0.515. The molecule has 0 saturated carbocycles. The molecule has 0 spiro atoms. The van der Waals surface area contributed by atoms with Crippen LogP contribution in [0.3, 0.4) is 0 Å². The highest BCUT2D eigenvalue weighted by molar-refractivity contribution is 5.98. The fourth-order valence-corrected chi connectivity index (χ4v) is 1.76. The van der Waals surface area contributed by atoms with Crippen molar-refractivity contribution >= 4 is 24.0 Å². The molecule has 5 nitrogen and oxygen atoms in total. The molecule has 1 unspecified atom stereocenters. The van der Waals surface area contributed by atoms with Crippen molar-refractivity contribution < 1.29 is 14.3 Å². The number of anilines is 1. The summed E-state index contributed by atoms with van der Waals surface area (Å²) in [5.74, 6) is 1.07. The van der Waals surface area contributed by atoms with Gasteiger partial charge in [0, 0.05) is 11.8 Å². The first-order valence-corrected chi connectivity index (χ1v) is 4.97. The predicted molar refractivity (Wildman–Crippen MR) is 67.1 cm³/mol. The summed E-state index contributed by atoms with van der Waals surface area (Å²) in [5, 5.41) is 2.74. The van der Waals surface area contributed by atoms with Gasteiger partial charge in [-0.3, -0.25) is 4.79 Å². The van der Waals surface area contributed by atoms with Gasteiger partial charge in [-0.2, -0.15) is 0 Å². The summed E-state index contributed by atoms with van der Waals surface area (Å²) < 4.78 is 10.3. The summed E-state index contributed by atoms with van der Waals surface area (Å²) in [7, 11) is 3.13. The third-order valence-corrected chi connectivity index (χ3v) is 2.64. The lowest BCUT2D eigenvalue weighted by Crippen LogP contribution is -2.41. The number of methoxy groups -OCH3 is 2. The van der Waals surface area contributed by atoms with Gasteiger partial charge in [0.2, 0.25) is 5.91 Å². The van der Waals surface area contributed by atoms with Gasteiger partial charge in [0.1, 0.15) is 0 Å². The Labute approximate surface area is 106 Å². The van der Waals surface area contributed by atoms with Crippen LogP contribution in [0.4, 0.5) is 5.69 Å². The average Bonchev–Trinajstić information content (AvgIpc) is 2.29. The standard InChI is InChI=1S/C11H14N2O3.ClH/c1-15-9-4-6-3-7(12)11(14)13-8(6)5-10(9)16-2;/h4-5,7H,3,12H2,1-2H3,(H,13,14);1H. The van der Waals surface area contributed by atoms with Crippen LogP contribution in [0, 0.1) is 0 Å². The Hall–Kier alpha value is -1.46. The van der Waals surface area contributed by atoms with Gasteiger partial charge >= 0.3 is 0 Å². The number of hydrogen-bond donors (Lipinski definition) is 2. The van der Waals surface area contributed by atoms with E-state index >= 15 is 0 Å². The molecule has 6 heteroatoms. The van der Waals surface area contributed by atoms with Gasteiger partial charge in [0.15, 0.2) is 11.5 Å². The Bertz CT molecular complexity index is 437. The lowest BCUT2D eigenvalue weighted by Gasteiger charge is -2.23. The van der Waals surface area contributed by atoms with Crippen LogP contribution in [0.2, 0.25) is 0 Å². The second kappa shape index (κ2) is 5.25. The van der Waals surface area contributed by atoms with E-state index in [-0.39, 0.29) is 18.3 Å². The minimum atomic E-state index is -0.495. The zero-order valence-electron chi connectivity index (χ0n) is 9.65. The number of ether oxygens (including phenoxy) is 2. The number of fused-ring (bicyclic) bond motifs is 1. The summed E-state index contributed by atoms with van der Waals surface area (Å²) in [6, 6.07) is 3.09. The quantitative estimate of drug-likeness (QED) is 0.828. The molecular weight excluding hydrogens is 244 g/mol. The van der Waals surface area contributed by atoms with Crippen LogP contribution in [0.1, 0.15) is 5.56 Å². The van der Waals surface area contributed by atoms with Crippen LogP contribution in [0.25, 0.3) is 0 Å². The topological polar surface area (TPSA) is 73.6 Å². The maximum Gasteiger partial charge on any atom is 0.241 e. The van der Waals surface area contributed by atoms with Gasteiger partial charge in [-0.25, -0.2) is 0 Å². The Morgan fingerprint density at radius 3 is 2.47 bits per heavy atom. The Morgan fingerprint density at radius 2 is 1.88 bits per heavy atom. The van der Waals surface area contributed by atoms with E-state index in [2.05, 4.69) is 5.32 Å². The molecule has 3 N–H and O–H groups in total. The summed E-state index contributed by atoms with van der Waals surface area (Å²) >= 11 is 0. The van der Waals surface area contributed by atoms with Gasteiger partial charge in [-0.05, 0) is 18.1 Å². The minimum Gasteiger partial charge on any atom is -0.493 e. The third-order valence-electron chi connectivity index (χ3n) is 2.64. The Kier molecular flexibility index (Phi) is 4.20. The van der Waals surface area contributed by atoms with Crippen molar-refractivity contribution in [2.45, 2.75) is 12.5 Å². The van der Waals surface area contributed by atoms with Gasteiger partial charge in [-0.15, -0.1) is 12.4 Å². The lowest BCUT2D eigenvalue weighted by atomic mass is 9.99. The maximum absolute atomic E-state index is 11.4. The van der Waals surface area contributed by atoms with Gasteiger partial charge in [0.25, 0.3) is 0 Å². The van der Waals surface area contributed by atoms with E-state index in [0.717, 1.165) is 11.3 Å². The summed E-state index contributed by atoms with van der Waals surface area (Å²) in [6.45, 7) is 0. The fourth-order valence-electron chi connectivity index (χ4n) is 1.76. The van der Waals surface area contributed by atoms with E-state index < -0.39 is 6.04 Å². The normalized spacial score (nSPS) is 17.6. The first-order valence-electron chi connectivity index (χ1n) is 4.97. The molecule has 0 fully saturated rings. The largest absolute Gasteiger partial charge is 0.493 e. The molecule has 1 atom stereocenters. The van der Waals surface area contributed by atoms with Crippen LogP contribution < -0.4 is 20.5 Å². The molecule has 1 aromatic carbocycles. The Balaban J connectivity index is 0.00000144. The molecule has 94 valence electrons. The minimum absolute atomic E-state index is 0. The molecule has 1 aromatic rings. The van der Waals surface area contributed by atoms with Crippen LogP contribution in [0.15, 0.2) is 12.1 Å². The number of nitrogens with one attached hydrogen (secondary N) is 1. The zero-order valence-corrected chi connectivity index (χ0v) is 10.5. The van der Waals surface area contributed by atoms with Crippen molar-refractivity contribution in [3.8, 4) is 11.5 Å². The van der Waals surface area contributed by atoms with Gasteiger partial charge < -0.3 is 20.5 Å². The molecule has 1 amide bonds. The highest BCUT2D eigenvalue weighted by Gasteiger charge is 2.24. The van der Waals surface area contributed by atoms with Crippen molar-refractivity contribution in [1.29, 1.82) is 0 Å². The number of nitrogens with two attached hydrogens (primary N) is 1. The first-order chi connectivity index (χ1) is 7.65. The van der Waals surface area contributed by atoms with E-state index in [1.54, 1.807) is 20.3 Å². The zero-order chi connectivity index (χ0) is 11.7. The molecule has 0 aromatic heterocycles. The van der Waals surface area contributed by atoms with Crippen molar-refractivity contribution in [2.75, 3.05) is 19.5 Å². The fraction of sp³-hybridized carbons (Fsp3) is 0.364. The van der Waals surface area contributed by atoms with E-state index in [4.69, 9.17) is 15.2 Å². The first kappa shape index (κ1) is 13.6. The smallest absolute Gasteiger partial charge is 0.241 e. The van der Waals surface area contributed by atoms with Crippen LogP contribution in [-0.2, 0) is 11.2 Å². The van der Waals surface area contributed by atoms with Gasteiger partial charge in [-0.1, -0.05) is 0 Å². The van der Waals surface area contributed by atoms with Crippen LogP contribution in [-0.4, -0.2) is 26.2 Å². The number of carbonyl (C=O) groups is 1. The maximum atomic E-state index is 11.4. The molecule has 0 radical (unpaired) electrons. The average molecular weight is 259 g/mol. The van der Waals surface area contributed by atoms with E-state index in [0.29, 0.717) is 17.9 Å². The molecule has 0 saturated heterocycles. The van der Waals surface area contributed by atoms with Crippen LogP contribution >= 0.6 is 12.4 Å². The molecule has 17 heavy (non-hydrogen) atoms. The Morgan fingerprint density at radius 1 is 1.29 bits per heavy atom. The number of hydrogen-bond acceptors (Lipinski definition) is 4. The van der Waals surface area contributed by atoms with E-state index in [9.17, 15) is 4.79 Å². The van der Waals surface area contributed by atoms with Crippen molar-refractivity contribution in [2.24, 2.45) is 5.73 Å². The molecule has 0 bridgehead atoms. The molecule has 0 aliphatic carbocycles. The molecule has 1 aliphatic heterocycles. The SMILES string of the molecule is COc1cc2c(cc1OC)NC(=O)C(N)C2.Cl. The van der Waals surface area contributed by atoms with Crippen molar-refractivity contribution in [1.82, 2.24) is 0 Å². The molecule has 1 heterocycles. The van der Waals surface area contributed by atoms with E-state index in [1.807, 2.05) is 6.07 Å². The summed E-state index contributed by atoms with van der Waals surface area (Å²) in [4.78, 5) is 11.4. The number of rotatable bonds is 2. The molecule has 1 aliphatic rings. The third kappa shape index (κ3) is 2.45. The number of carbonyl (C=O) groups excluding carboxylic acids is 1. The number of halogens is 1. The predicted octanol–water partition coefficient (Wildman–Crippen LogP) is 0.947. The van der Waals surface area contributed by atoms with Crippen molar-refractivity contribution in [3.05, 3.63) is 17.7 Å². The lowest BCUT2D eigenvalue weighted by molar-refractivity contribution is -0.117. The molecule has 2 rings (SSSR count). The van der Waals surface area contributed by atoms with E-state index in [1.165, 1.54) is 0 Å². The highest BCUT2D eigenvalue weighted by atomic mass is 35.5. The van der Waals surface area contributed by atoms with Crippen molar-refractivity contribution in [3.63, 3.8) is 0 Å². The summed E-state index contributed by atoms with van der Waals surface area (Å²) in [5.41, 5.74) is 7.37. The second-order valence-corrected chi connectivity index (χ2v) is 3.66.